The molecule has 0 heterocycles. The molecule has 0 aliphatic heterocycles. The van der Waals surface area contributed by atoms with Crippen LogP contribution in [0.25, 0.3) is 0 Å². The third-order valence-corrected chi connectivity index (χ3v) is 1.71. The van der Waals surface area contributed by atoms with E-state index in [1.165, 1.54) is 19.3 Å². The van der Waals surface area contributed by atoms with Crippen molar-refractivity contribution in [1.29, 1.82) is 0 Å². The van der Waals surface area contributed by atoms with Gasteiger partial charge in [-0.2, -0.15) is 0 Å². The summed E-state index contributed by atoms with van der Waals surface area (Å²) in [6.45, 7) is 4.46. The van der Waals surface area contributed by atoms with Gasteiger partial charge in [-0.1, -0.05) is 13.8 Å². The lowest BCUT2D eigenvalue weighted by Gasteiger charge is -2.09. The first kappa shape index (κ1) is 6.09. The van der Waals surface area contributed by atoms with Gasteiger partial charge in [0.2, 0.25) is 0 Å². The first-order valence-corrected chi connectivity index (χ1v) is 3.41. The minimum atomic E-state index is 0.272. The first-order chi connectivity index (χ1) is 3.62. The Hall–Kier alpha value is -0.0400. The van der Waals surface area contributed by atoms with Crippen molar-refractivity contribution in [3.63, 3.8) is 0 Å². The fraction of sp³-hybridized carbons (Fsp3) is 1.00. The summed E-state index contributed by atoms with van der Waals surface area (Å²) < 4.78 is 0. The molecule has 0 atom stereocenters. The van der Waals surface area contributed by atoms with Crippen molar-refractivity contribution < 1.29 is 0 Å². The second-order valence-corrected chi connectivity index (χ2v) is 3.46. The van der Waals surface area contributed by atoms with E-state index in [2.05, 4.69) is 13.8 Å². The van der Waals surface area contributed by atoms with Crippen molar-refractivity contribution in [2.24, 2.45) is 11.7 Å². The number of nitrogens with two attached hydrogens (primary N) is 1. The molecule has 1 aliphatic carbocycles. The Morgan fingerprint density at radius 1 is 1.50 bits per heavy atom. The van der Waals surface area contributed by atoms with Gasteiger partial charge in [0.15, 0.2) is 0 Å². The van der Waals surface area contributed by atoms with E-state index in [0.717, 1.165) is 5.92 Å². The molecule has 0 unspecified atom stereocenters. The van der Waals surface area contributed by atoms with Crippen molar-refractivity contribution >= 4 is 0 Å². The number of rotatable bonds is 2. The molecular formula is C7H15N. The summed E-state index contributed by atoms with van der Waals surface area (Å²) in [6.07, 6.45) is 3.73. The maximum absolute atomic E-state index is 5.85. The van der Waals surface area contributed by atoms with Gasteiger partial charge in [0.05, 0.1) is 0 Å². The molecule has 0 aromatic heterocycles. The van der Waals surface area contributed by atoms with Crippen LogP contribution < -0.4 is 5.73 Å². The molecular weight excluding hydrogens is 98.1 g/mol. The molecule has 2 N–H and O–H groups in total. The third-order valence-electron chi connectivity index (χ3n) is 1.71. The van der Waals surface area contributed by atoms with Crippen molar-refractivity contribution in [2.45, 2.75) is 38.6 Å². The molecule has 0 aromatic rings. The van der Waals surface area contributed by atoms with E-state index in [1.54, 1.807) is 0 Å². The first-order valence-electron chi connectivity index (χ1n) is 3.41. The van der Waals surface area contributed by atoms with Crippen molar-refractivity contribution in [3.8, 4) is 0 Å². The molecule has 1 heteroatoms. The molecule has 0 saturated heterocycles. The van der Waals surface area contributed by atoms with Gasteiger partial charge in [-0.3, -0.25) is 0 Å². The van der Waals surface area contributed by atoms with Gasteiger partial charge >= 0.3 is 0 Å². The zero-order chi connectivity index (χ0) is 6.20. The molecule has 0 amide bonds. The average molecular weight is 113 g/mol. The van der Waals surface area contributed by atoms with Crippen LogP contribution in [0, 0.1) is 5.92 Å². The van der Waals surface area contributed by atoms with Gasteiger partial charge in [-0.15, -0.1) is 0 Å². The molecule has 1 nitrogen and oxygen atoms in total. The molecule has 0 spiro atoms. The normalized spacial score (nSPS) is 24.0. The van der Waals surface area contributed by atoms with Gasteiger partial charge in [0, 0.05) is 5.54 Å². The molecule has 1 rings (SSSR count). The van der Waals surface area contributed by atoms with Gasteiger partial charge in [0.25, 0.3) is 0 Å². The van der Waals surface area contributed by atoms with E-state index in [0.29, 0.717) is 0 Å². The quantitative estimate of drug-likeness (QED) is 0.577. The Kier molecular flexibility index (Phi) is 1.31. The highest BCUT2D eigenvalue weighted by atomic mass is 14.8. The van der Waals surface area contributed by atoms with Gasteiger partial charge in [-0.25, -0.2) is 0 Å². The van der Waals surface area contributed by atoms with Crippen molar-refractivity contribution in [2.75, 3.05) is 0 Å². The summed E-state index contributed by atoms with van der Waals surface area (Å²) >= 11 is 0. The highest BCUT2D eigenvalue weighted by Crippen LogP contribution is 2.37. The summed E-state index contributed by atoms with van der Waals surface area (Å²) in [5.74, 6) is 0.780. The van der Waals surface area contributed by atoms with Gasteiger partial charge < -0.3 is 5.73 Å². The predicted molar refractivity (Wildman–Crippen MR) is 35.6 cm³/mol. The maximum atomic E-state index is 5.85. The Morgan fingerprint density at radius 2 is 2.00 bits per heavy atom. The Balaban J connectivity index is 2.19. The molecule has 8 heavy (non-hydrogen) atoms. The summed E-state index contributed by atoms with van der Waals surface area (Å²) in [4.78, 5) is 0. The predicted octanol–water partition coefficient (Wildman–Crippen LogP) is 1.52. The van der Waals surface area contributed by atoms with Crippen LogP contribution in [0.5, 0.6) is 0 Å². The summed E-state index contributed by atoms with van der Waals surface area (Å²) in [6, 6.07) is 0. The standard InChI is InChI=1S/C7H15N/c1-6(2)5-7(8)3-4-7/h6H,3-5,8H2,1-2H3. The number of hydrogen-bond donors (Lipinski definition) is 1. The lowest BCUT2D eigenvalue weighted by atomic mass is 10.0. The second kappa shape index (κ2) is 1.73. The molecule has 1 aliphatic rings. The zero-order valence-corrected chi connectivity index (χ0v) is 5.78. The van der Waals surface area contributed by atoms with E-state index < -0.39 is 0 Å². The van der Waals surface area contributed by atoms with Gasteiger partial charge in [0.1, 0.15) is 0 Å². The summed E-state index contributed by atoms with van der Waals surface area (Å²) in [5.41, 5.74) is 6.12. The van der Waals surface area contributed by atoms with Crippen LogP contribution in [0.15, 0.2) is 0 Å². The highest BCUT2D eigenvalue weighted by molar-refractivity contribution is 4.98. The molecule has 1 fully saturated rings. The van der Waals surface area contributed by atoms with Gasteiger partial charge in [-0.05, 0) is 25.2 Å². The van der Waals surface area contributed by atoms with E-state index >= 15 is 0 Å². The molecule has 0 aromatic carbocycles. The van der Waals surface area contributed by atoms with Crippen LogP contribution in [0.4, 0.5) is 0 Å². The van der Waals surface area contributed by atoms with Crippen LogP contribution in [-0.2, 0) is 0 Å². The van der Waals surface area contributed by atoms with E-state index in [4.69, 9.17) is 5.73 Å². The van der Waals surface area contributed by atoms with Crippen molar-refractivity contribution in [3.05, 3.63) is 0 Å². The molecule has 1 saturated carbocycles. The lowest BCUT2D eigenvalue weighted by Crippen LogP contribution is -2.23. The fourth-order valence-electron chi connectivity index (χ4n) is 1.18. The zero-order valence-electron chi connectivity index (χ0n) is 5.78. The minimum Gasteiger partial charge on any atom is -0.325 e. The van der Waals surface area contributed by atoms with Crippen LogP contribution in [0.3, 0.4) is 0 Å². The van der Waals surface area contributed by atoms with Crippen LogP contribution >= 0.6 is 0 Å². The van der Waals surface area contributed by atoms with Crippen LogP contribution in [-0.4, -0.2) is 5.54 Å². The summed E-state index contributed by atoms with van der Waals surface area (Å²) in [7, 11) is 0. The second-order valence-electron chi connectivity index (χ2n) is 3.46. The maximum Gasteiger partial charge on any atom is 0.0158 e. The number of hydrogen-bond acceptors (Lipinski definition) is 1. The largest absolute Gasteiger partial charge is 0.325 e. The lowest BCUT2D eigenvalue weighted by molar-refractivity contribution is 0.485. The monoisotopic (exact) mass is 113 g/mol. The van der Waals surface area contributed by atoms with E-state index in [-0.39, 0.29) is 5.54 Å². The van der Waals surface area contributed by atoms with E-state index in [1.807, 2.05) is 0 Å². The average Bonchev–Trinajstić information content (AvgIpc) is 2.17. The molecule has 0 radical (unpaired) electrons. The topological polar surface area (TPSA) is 26.0 Å². The minimum absolute atomic E-state index is 0.272. The van der Waals surface area contributed by atoms with E-state index in [9.17, 15) is 0 Å². The van der Waals surface area contributed by atoms with Crippen LogP contribution in [0.1, 0.15) is 33.1 Å². The highest BCUT2D eigenvalue weighted by Gasteiger charge is 2.37. The summed E-state index contributed by atoms with van der Waals surface area (Å²) in [5, 5.41) is 0. The van der Waals surface area contributed by atoms with Crippen molar-refractivity contribution in [1.82, 2.24) is 0 Å². The SMILES string of the molecule is CC(C)CC1(N)CC1. The smallest absolute Gasteiger partial charge is 0.0158 e. The molecule has 0 bridgehead atoms. The fourth-order valence-corrected chi connectivity index (χ4v) is 1.18. The Labute approximate surface area is 51.3 Å². The Bertz CT molecular complexity index is 82.4. The van der Waals surface area contributed by atoms with Crippen LogP contribution in [0.2, 0.25) is 0 Å². The third kappa shape index (κ3) is 1.48. The molecule has 48 valence electrons. The Morgan fingerprint density at radius 3 is 2.12 bits per heavy atom.